The number of aromatic amines is 1. The van der Waals surface area contributed by atoms with Crippen LogP contribution >= 0.6 is 11.6 Å². The van der Waals surface area contributed by atoms with Crippen LogP contribution in [0.4, 0.5) is 0 Å². The summed E-state index contributed by atoms with van der Waals surface area (Å²) >= 11 is 6.33. The standard InChI is InChI=1S/C25H26ClN3O2/c1-6-11-29-23(15-7-9-16(10-8-15)25(3,4)5)20-21(27-28-22(20)24(29)31)17-13-18(26)14(2)12-19(17)30/h6-10,12-13,23,30H,1,11H2,2-5H3,(H,27,28). The first-order chi connectivity index (χ1) is 14.6. The normalized spacial score (nSPS) is 16.0. The Morgan fingerprint density at radius 3 is 2.55 bits per heavy atom. The molecular weight excluding hydrogens is 410 g/mol. The number of fused-ring (bicyclic) bond motifs is 1. The molecule has 4 rings (SSSR count). The maximum Gasteiger partial charge on any atom is 0.273 e. The van der Waals surface area contributed by atoms with Crippen molar-refractivity contribution in [3.8, 4) is 17.0 Å². The number of phenolic OH excluding ortho intramolecular Hbond substituents is 1. The van der Waals surface area contributed by atoms with Gasteiger partial charge in [0.15, 0.2) is 0 Å². The molecule has 5 nitrogen and oxygen atoms in total. The van der Waals surface area contributed by atoms with Gasteiger partial charge in [-0.15, -0.1) is 6.58 Å². The van der Waals surface area contributed by atoms with E-state index in [1.807, 2.05) is 6.92 Å². The predicted octanol–water partition coefficient (Wildman–Crippen LogP) is 5.77. The van der Waals surface area contributed by atoms with Crippen LogP contribution in [0.3, 0.4) is 0 Å². The first-order valence-corrected chi connectivity index (χ1v) is 10.6. The Hall–Kier alpha value is -3.05. The monoisotopic (exact) mass is 435 g/mol. The summed E-state index contributed by atoms with van der Waals surface area (Å²) < 4.78 is 0. The molecule has 2 heterocycles. The van der Waals surface area contributed by atoms with Gasteiger partial charge in [0.2, 0.25) is 0 Å². The van der Waals surface area contributed by atoms with E-state index in [-0.39, 0.29) is 23.1 Å². The Labute approximate surface area is 187 Å². The molecule has 6 heteroatoms. The largest absolute Gasteiger partial charge is 0.507 e. The van der Waals surface area contributed by atoms with Gasteiger partial charge >= 0.3 is 0 Å². The van der Waals surface area contributed by atoms with Gasteiger partial charge in [0.1, 0.15) is 17.1 Å². The van der Waals surface area contributed by atoms with Crippen LogP contribution in [0.5, 0.6) is 5.75 Å². The number of carbonyl (C=O) groups is 1. The molecule has 1 aliphatic heterocycles. The Morgan fingerprint density at radius 1 is 1.26 bits per heavy atom. The Bertz CT molecular complexity index is 1170. The Kier molecular flexibility index (Phi) is 5.18. The summed E-state index contributed by atoms with van der Waals surface area (Å²) in [6.07, 6.45) is 1.72. The lowest BCUT2D eigenvalue weighted by molar-refractivity contribution is 0.0764. The zero-order chi connectivity index (χ0) is 22.5. The SMILES string of the molecule is C=CCN1C(=O)c2[nH]nc(-c3cc(Cl)c(C)cc3O)c2C1c1ccc(C(C)(C)C)cc1. The molecule has 0 radical (unpaired) electrons. The van der Waals surface area contributed by atoms with Gasteiger partial charge in [0, 0.05) is 22.7 Å². The second-order valence-corrected chi connectivity index (χ2v) is 9.41. The number of nitrogens with one attached hydrogen (secondary N) is 1. The summed E-state index contributed by atoms with van der Waals surface area (Å²) in [7, 11) is 0. The molecular formula is C25H26ClN3O2. The molecule has 3 aromatic rings. The van der Waals surface area contributed by atoms with E-state index in [0.717, 1.165) is 16.7 Å². The van der Waals surface area contributed by atoms with E-state index in [0.29, 0.717) is 28.5 Å². The average Bonchev–Trinajstić information content (AvgIpc) is 3.24. The van der Waals surface area contributed by atoms with E-state index in [1.165, 1.54) is 5.56 Å². The van der Waals surface area contributed by atoms with Crippen molar-refractivity contribution < 1.29 is 9.90 Å². The fourth-order valence-electron chi connectivity index (χ4n) is 4.10. The van der Waals surface area contributed by atoms with Crippen molar-refractivity contribution in [2.45, 2.75) is 39.2 Å². The number of benzene rings is 2. The summed E-state index contributed by atoms with van der Waals surface area (Å²) in [5.74, 6) is -0.0658. The van der Waals surface area contributed by atoms with Gasteiger partial charge in [-0.25, -0.2) is 0 Å². The van der Waals surface area contributed by atoms with Crippen LogP contribution in [0.2, 0.25) is 5.02 Å². The van der Waals surface area contributed by atoms with E-state index in [2.05, 4.69) is 61.8 Å². The van der Waals surface area contributed by atoms with Crippen molar-refractivity contribution in [2.24, 2.45) is 0 Å². The average molecular weight is 436 g/mol. The third-order valence-corrected chi connectivity index (χ3v) is 6.22. The number of H-pyrrole nitrogens is 1. The summed E-state index contributed by atoms with van der Waals surface area (Å²) in [6.45, 7) is 12.5. The molecule has 160 valence electrons. The molecule has 0 saturated heterocycles. The number of phenols is 1. The van der Waals surface area contributed by atoms with E-state index in [9.17, 15) is 9.90 Å². The highest BCUT2D eigenvalue weighted by molar-refractivity contribution is 6.31. The lowest BCUT2D eigenvalue weighted by Crippen LogP contribution is -2.29. The van der Waals surface area contributed by atoms with Crippen molar-refractivity contribution >= 4 is 17.5 Å². The van der Waals surface area contributed by atoms with Crippen LogP contribution in [0.15, 0.2) is 49.1 Å². The molecule has 0 spiro atoms. The number of aryl methyl sites for hydroxylation is 1. The van der Waals surface area contributed by atoms with E-state index >= 15 is 0 Å². The van der Waals surface area contributed by atoms with Gasteiger partial charge < -0.3 is 10.0 Å². The van der Waals surface area contributed by atoms with Crippen molar-refractivity contribution in [3.63, 3.8) is 0 Å². The first kappa shape index (κ1) is 21.2. The molecule has 1 aliphatic rings. The summed E-state index contributed by atoms with van der Waals surface area (Å²) in [5.41, 5.74) is 5.18. The minimum Gasteiger partial charge on any atom is -0.507 e. The molecule has 0 fully saturated rings. The highest BCUT2D eigenvalue weighted by Crippen LogP contribution is 2.45. The van der Waals surface area contributed by atoms with Crippen LogP contribution < -0.4 is 0 Å². The molecule has 2 N–H and O–H groups in total. The van der Waals surface area contributed by atoms with Crippen LogP contribution in [0.25, 0.3) is 11.3 Å². The van der Waals surface area contributed by atoms with Gasteiger partial charge in [0.25, 0.3) is 5.91 Å². The zero-order valence-corrected chi connectivity index (χ0v) is 18.9. The number of hydrogen-bond acceptors (Lipinski definition) is 3. The number of halogens is 1. The molecule has 1 amide bonds. The molecule has 2 aromatic carbocycles. The number of hydrogen-bond donors (Lipinski definition) is 2. The molecule has 1 aromatic heterocycles. The minimum absolute atomic E-state index is 0.0290. The maximum atomic E-state index is 13.2. The number of amides is 1. The highest BCUT2D eigenvalue weighted by Gasteiger charge is 2.42. The van der Waals surface area contributed by atoms with Gasteiger partial charge in [-0.3, -0.25) is 9.89 Å². The topological polar surface area (TPSA) is 69.2 Å². The Morgan fingerprint density at radius 2 is 1.94 bits per heavy atom. The molecule has 1 unspecified atom stereocenters. The van der Waals surface area contributed by atoms with E-state index in [1.54, 1.807) is 23.1 Å². The molecule has 1 atom stereocenters. The third kappa shape index (κ3) is 3.53. The zero-order valence-electron chi connectivity index (χ0n) is 18.2. The van der Waals surface area contributed by atoms with Crippen LogP contribution in [-0.2, 0) is 5.41 Å². The number of aromatic nitrogens is 2. The molecule has 0 bridgehead atoms. The Balaban J connectivity index is 1.89. The second-order valence-electron chi connectivity index (χ2n) is 9.00. The van der Waals surface area contributed by atoms with Gasteiger partial charge in [-0.2, -0.15) is 5.10 Å². The smallest absolute Gasteiger partial charge is 0.273 e. The summed E-state index contributed by atoms with van der Waals surface area (Å²) in [6, 6.07) is 11.3. The summed E-state index contributed by atoms with van der Waals surface area (Å²) in [5, 5.41) is 18.4. The van der Waals surface area contributed by atoms with Crippen molar-refractivity contribution in [1.82, 2.24) is 15.1 Å². The predicted molar refractivity (Wildman–Crippen MR) is 124 cm³/mol. The number of rotatable bonds is 4. The fraction of sp³-hybridized carbons (Fsp3) is 0.280. The number of aromatic hydroxyl groups is 1. The van der Waals surface area contributed by atoms with Crippen LogP contribution in [-0.4, -0.2) is 32.7 Å². The van der Waals surface area contributed by atoms with Gasteiger partial charge in [-0.1, -0.05) is 62.7 Å². The minimum atomic E-state index is -0.345. The van der Waals surface area contributed by atoms with Crippen molar-refractivity contribution in [1.29, 1.82) is 0 Å². The third-order valence-electron chi connectivity index (χ3n) is 5.81. The molecule has 0 aliphatic carbocycles. The van der Waals surface area contributed by atoms with Gasteiger partial charge in [-0.05, 0) is 41.2 Å². The summed E-state index contributed by atoms with van der Waals surface area (Å²) in [4.78, 5) is 14.9. The fourth-order valence-corrected chi connectivity index (χ4v) is 4.26. The maximum absolute atomic E-state index is 13.2. The van der Waals surface area contributed by atoms with E-state index < -0.39 is 0 Å². The first-order valence-electron chi connectivity index (χ1n) is 10.2. The highest BCUT2D eigenvalue weighted by atomic mass is 35.5. The van der Waals surface area contributed by atoms with E-state index in [4.69, 9.17) is 11.6 Å². The second kappa shape index (κ2) is 7.57. The number of nitrogens with zero attached hydrogens (tertiary/aromatic N) is 2. The number of carbonyl (C=O) groups excluding carboxylic acids is 1. The molecule has 0 saturated carbocycles. The quantitative estimate of drug-likeness (QED) is 0.511. The lowest BCUT2D eigenvalue weighted by Gasteiger charge is -2.26. The lowest BCUT2D eigenvalue weighted by atomic mass is 9.85. The van der Waals surface area contributed by atoms with Crippen LogP contribution in [0.1, 0.15) is 59.6 Å². The van der Waals surface area contributed by atoms with Crippen molar-refractivity contribution in [2.75, 3.05) is 6.54 Å². The molecule has 31 heavy (non-hydrogen) atoms. The van der Waals surface area contributed by atoms with Gasteiger partial charge in [0.05, 0.1) is 6.04 Å². The van der Waals surface area contributed by atoms with Crippen LogP contribution in [0, 0.1) is 6.92 Å². The van der Waals surface area contributed by atoms with Crippen molar-refractivity contribution in [3.05, 3.63) is 82.0 Å².